The molecule has 0 unspecified atom stereocenters. The predicted molar refractivity (Wildman–Crippen MR) is 21.8 cm³/mol. The summed E-state index contributed by atoms with van der Waals surface area (Å²) >= 11 is 0. The highest BCUT2D eigenvalue weighted by molar-refractivity contribution is 6.30. The van der Waals surface area contributed by atoms with Crippen LogP contribution in [0.2, 0.25) is 0 Å². The van der Waals surface area contributed by atoms with Crippen LogP contribution in [0.15, 0.2) is 0 Å². The minimum atomic E-state index is -2.17. The summed E-state index contributed by atoms with van der Waals surface area (Å²) in [6.07, 6.45) is 0. The zero-order valence-electron chi connectivity index (χ0n) is 3.00. The SMILES string of the molecule is O.OB(O)O.[B]. The van der Waals surface area contributed by atoms with Crippen molar-refractivity contribution in [2.45, 2.75) is 0 Å². The molecule has 3 radical (unpaired) electrons. The van der Waals surface area contributed by atoms with Gasteiger partial charge in [-0.15, -0.1) is 0 Å². The van der Waals surface area contributed by atoms with Gasteiger partial charge in [0.2, 0.25) is 0 Å². The Morgan fingerprint density at radius 2 is 1.00 bits per heavy atom. The quantitative estimate of drug-likeness (QED) is 0.273. The van der Waals surface area contributed by atoms with E-state index in [1.807, 2.05) is 0 Å². The van der Waals surface area contributed by atoms with Gasteiger partial charge in [-0.1, -0.05) is 0 Å². The van der Waals surface area contributed by atoms with Crippen LogP contribution in [0.1, 0.15) is 0 Å². The molecule has 6 heavy (non-hydrogen) atoms. The van der Waals surface area contributed by atoms with Crippen LogP contribution < -0.4 is 0 Å². The molecule has 0 atom stereocenters. The number of hydrogen-bond donors (Lipinski definition) is 3. The van der Waals surface area contributed by atoms with Gasteiger partial charge in [0.1, 0.15) is 0 Å². The van der Waals surface area contributed by atoms with E-state index in [4.69, 9.17) is 15.1 Å². The lowest BCUT2D eigenvalue weighted by molar-refractivity contribution is 0.278. The van der Waals surface area contributed by atoms with Gasteiger partial charge in [-0.2, -0.15) is 0 Å². The molecule has 0 aromatic heterocycles. The van der Waals surface area contributed by atoms with Crippen LogP contribution in [0.25, 0.3) is 0 Å². The third kappa shape index (κ3) is 38600. The Morgan fingerprint density at radius 1 is 1.00 bits per heavy atom. The molecule has 0 amide bonds. The summed E-state index contributed by atoms with van der Waals surface area (Å²) in [5.41, 5.74) is 0. The maximum atomic E-state index is 7.17. The highest BCUT2D eigenvalue weighted by atomic mass is 16.5. The predicted octanol–water partition coefficient (Wildman–Crippen LogP) is -3.26. The van der Waals surface area contributed by atoms with Crippen LogP contribution in [-0.2, 0) is 0 Å². The Labute approximate surface area is 37.5 Å². The summed E-state index contributed by atoms with van der Waals surface area (Å²) in [4.78, 5) is 0. The van der Waals surface area contributed by atoms with Gasteiger partial charge in [0.15, 0.2) is 0 Å². The van der Waals surface area contributed by atoms with Crippen LogP contribution in [0.5, 0.6) is 0 Å². The molecule has 0 saturated heterocycles. The summed E-state index contributed by atoms with van der Waals surface area (Å²) in [5.74, 6) is 0. The molecule has 0 heterocycles. The van der Waals surface area contributed by atoms with E-state index >= 15 is 0 Å². The van der Waals surface area contributed by atoms with E-state index in [-0.39, 0.29) is 13.9 Å². The standard InChI is InChI=1S/BH3O3.B.H2O/c2-1(3)4;;/h2-4H;;1H2. The highest BCUT2D eigenvalue weighted by Crippen LogP contribution is 1.40. The lowest BCUT2D eigenvalue weighted by Crippen LogP contribution is -2.07. The van der Waals surface area contributed by atoms with Crippen molar-refractivity contribution in [3.63, 3.8) is 0 Å². The molecule has 0 aliphatic heterocycles. The zero-order valence-corrected chi connectivity index (χ0v) is 3.00. The largest absolute Gasteiger partial charge is 0.631 e. The van der Waals surface area contributed by atoms with Crippen LogP contribution in [-0.4, -0.2) is 36.3 Å². The third-order valence-corrected chi connectivity index (χ3v) is 0. The second-order valence-electron chi connectivity index (χ2n) is 0.346. The van der Waals surface area contributed by atoms with Crippen molar-refractivity contribution in [3.05, 3.63) is 0 Å². The van der Waals surface area contributed by atoms with Crippen LogP contribution in [0.3, 0.4) is 0 Å². The van der Waals surface area contributed by atoms with E-state index in [1.54, 1.807) is 0 Å². The Balaban J connectivity index is -0.0000000450. The van der Waals surface area contributed by atoms with Gasteiger partial charge in [0.25, 0.3) is 0 Å². The van der Waals surface area contributed by atoms with E-state index in [1.165, 1.54) is 0 Å². The third-order valence-electron chi connectivity index (χ3n) is 0. The van der Waals surface area contributed by atoms with Crippen LogP contribution in [0.4, 0.5) is 0 Å². The van der Waals surface area contributed by atoms with Gasteiger partial charge in [0.05, 0.1) is 0 Å². The van der Waals surface area contributed by atoms with E-state index < -0.39 is 7.32 Å². The van der Waals surface area contributed by atoms with E-state index in [0.717, 1.165) is 0 Å². The monoisotopic (exact) mass is 91.0 g/mol. The molecule has 0 fully saturated rings. The van der Waals surface area contributed by atoms with E-state index in [9.17, 15) is 0 Å². The van der Waals surface area contributed by atoms with E-state index in [2.05, 4.69) is 0 Å². The lowest BCUT2D eigenvalue weighted by atomic mass is 10.3. The maximum Gasteiger partial charge on any atom is 0.631 e. The summed E-state index contributed by atoms with van der Waals surface area (Å²) in [6.45, 7) is 0. The number of hydrogen-bond acceptors (Lipinski definition) is 3. The molecular formula is H5B2O4. The molecule has 5 N–H and O–H groups in total. The molecule has 0 aromatic carbocycles. The average Bonchev–Trinajstić information content (AvgIpc) is 0.811. The molecule has 35 valence electrons. The summed E-state index contributed by atoms with van der Waals surface area (Å²) in [6, 6.07) is 0. The Kier molecular flexibility index (Phi) is 24.7. The highest BCUT2D eigenvalue weighted by Gasteiger charge is 1.92. The number of rotatable bonds is 0. The topological polar surface area (TPSA) is 92.2 Å². The molecule has 4 nitrogen and oxygen atoms in total. The Hall–Kier alpha value is -0.0301. The van der Waals surface area contributed by atoms with Crippen molar-refractivity contribution >= 4 is 15.7 Å². The summed E-state index contributed by atoms with van der Waals surface area (Å²) < 4.78 is 0. The van der Waals surface area contributed by atoms with Gasteiger partial charge in [-0.25, -0.2) is 0 Å². The molecule has 0 spiro atoms. The smallest absolute Gasteiger partial charge is 0.412 e. The zero-order chi connectivity index (χ0) is 3.58. The van der Waals surface area contributed by atoms with Crippen molar-refractivity contribution in [3.8, 4) is 0 Å². The first-order valence-electron chi connectivity index (χ1n) is 0.775. The average molecular weight is 90.7 g/mol. The molecule has 6 heteroatoms. The minimum Gasteiger partial charge on any atom is -0.412 e. The van der Waals surface area contributed by atoms with Gasteiger partial charge >= 0.3 is 7.32 Å². The van der Waals surface area contributed by atoms with Gasteiger partial charge in [-0.05, 0) is 0 Å². The Morgan fingerprint density at radius 3 is 1.00 bits per heavy atom. The second kappa shape index (κ2) is 8.88. The van der Waals surface area contributed by atoms with Crippen molar-refractivity contribution in [2.24, 2.45) is 0 Å². The molecule has 0 rings (SSSR count). The Bertz CT molecular complexity index is 10.3. The first-order chi connectivity index (χ1) is 1.73. The van der Waals surface area contributed by atoms with Gasteiger partial charge < -0.3 is 20.5 Å². The molecular weight excluding hydrogens is 85.6 g/mol. The fourth-order valence-corrected chi connectivity index (χ4v) is 0. The maximum absolute atomic E-state index is 7.17. The lowest BCUT2D eigenvalue weighted by Gasteiger charge is -1.69. The molecule has 0 aliphatic carbocycles. The molecule has 0 aliphatic rings. The first kappa shape index (κ1) is 16.7. The summed E-state index contributed by atoms with van der Waals surface area (Å²) in [5, 5.41) is 21.5. The normalized spacial score (nSPS) is 4.50. The fourth-order valence-electron chi connectivity index (χ4n) is 0. The molecule has 0 saturated carbocycles. The van der Waals surface area contributed by atoms with Crippen molar-refractivity contribution in [1.29, 1.82) is 0 Å². The van der Waals surface area contributed by atoms with Crippen molar-refractivity contribution in [2.75, 3.05) is 0 Å². The van der Waals surface area contributed by atoms with Gasteiger partial charge in [-0.3, -0.25) is 0 Å². The van der Waals surface area contributed by atoms with Crippen LogP contribution >= 0.6 is 0 Å². The molecule has 0 bridgehead atoms. The van der Waals surface area contributed by atoms with Crippen molar-refractivity contribution < 1.29 is 20.5 Å². The molecule has 0 aromatic rings. The van der Waals surface area contributed by atoms with Gasteiger partial charge in [0, 0.05) is 8.41 Å². The fraction of sp³-hybridized carbons (Fsp3) is 0. The summed E-state index contributed by atoms with van der Waals surface area (Å²) in [7, 11) is -2.17. The first-order valence-corrected chi connectivity index (χ1v) is 0.775. The van der Waals surface area contributed by atoms with E-state index in [0.29, 0.717) is 0 Å². The minimum absolute atomic E-state index is 0. The van der Waals surface area contributed by atoms with Crippen molar-refractivity contribution in [1.82, 2.24) is 0 Å². The second-order valence-corrected chi connectivity index (χ2v) is 0.346. The van der Waals surface area contributed by atoms with Crippen LogP contribution in [0, 0.1) is 0 Å².